The van der Waals surface area contributed by atoms with Crippen LogP contribution >= 0.6 is 0 Å². The molecule has 0 aliphatic carbocycles. The minimum absolute atomic E-state index is 0.0598. The zero-order valence-electron chi connectivity index (χ0n) is 17.1. The van der Waals surface area contributed by atoms with E-state index in [4.69, 9.17) is 0 Å². The maximum atomic E-state index is 12.1. The summed E-state index contributed by atoms with van der Waals surface area (Å²) in [7, 11) is 1.69. The van der Waals surface area contributed by atoms with E-state index in [2.05, 4.69) is 22.9 Å². The molecule has 0 spiro atoms. The maximum Gasteiger partial charge on any atom is 0.251 e. The molecule has 0 fully saturated rings. The number of anilines is 3. The zero-order chi connectivity index (χ0) is 21.2. The standard InChI is InChI=1S/C22H28N4O3/c1-4-5-14-23-22(29)17-6-8-18(9-7-17)24-15-21(28)25-19-10-12-20(13-11-19)26(3)16(2)27/h6-13,24H,4-5,14-15H2,1-3H3,(H,23,29)(H,25,28). The summed E-state index contributed by atoms with van der Waals surface area (Å²) < 4.78 is 0. The van der Waals surface area contributed by atoms with Gasteiger partial charge in [-0.2, -0.15) is 0 Å². The molecule has 0 heterocycles. The molecule has 154 valence electrons. The van der Waals surface area contributed by atoms with E-state index in [1.54, 1.807) is 55.6 Å². The first-order valence-corrected chi connectivity index (χ1v) is 9.67. The van der Waals surface area contributed by atoms with Crippen molar-refractivity contribution < 1.29 is 14.4 Å². The third-order valence-electron chi connectivity index (χ3n) is 4.43. The molecule has 2 rings (SSSR count). The van der Waals surface area contributed by atoms with Crippen LogP contribution in [0.15, 0.2) is 48.5 Å². The van der Waals surface area contributed by atoms with Gasteiger partial charge in [0.15, 0.2) is 0 Å². The number of hydrogen-bond acceptors (Lipinski definition) is 4. The SMILES string of the molecule is CCCCNC(=O)c1ccc(NCC(=O)Nc2ccc(N(C)C(C)=O)cc2)cc1. The van der Waals surface area contributed by atoms with Gasteiger partial charge in [-0.15, -0.1) is 0 Å². The van der Waals surface area contributed by atoms with E-state index in [-0.39, 0.29) is 24.3 Å². The number of benzene rings is 2. The van der Waals surface area contributed by atoms with Gasteiger partial charge >= 0.3 is 0 Å². The first kappa shape index (κ1) is 21.9. The third-order valence-corrected chi connectivity index (χ3v) is 4.43. The smallest absolute Gasteiger partial charge is 0.251 e. The monoisotopic (exact) mass is 396 g/mol. The van der Waals surface area contributed by atoms with E-state index >= 15 is 0 Å². The highest BCUT2D eigenvalue weighted by molar-refractivity contribution is 5.96. The largest absolute Gasteiger partial charge is 0.376 e. The van der Waals surface area contributed by atoms with Crippen molar-refractivity contribution in [1.29, 1.82) is 0 Å². The summed E-state index contributed by atoms with van der Waals surface area (Å²) in [5.41, 5.74) is 2.75. The van der Waals surface area contributed by atoms with E-state index in [1.165, 1.54) is 11.8 Å². The van der Waals surface area contributed by atoms with Crippen LogP contribution < -0.4 is 20.9 Å². The van der Waals surface area contributed by atoms with Gasteiger partial charge in [-0.1, -0.05) is 13.3 Å². The molecule has 7 nitrogen and oxygen atoms in total. The summed E-state index contributed by atoms with van der Waals surface area (Å²) in [6, 6.07) is 14.0. The highest BCUT2D eigenvalue weighted by Crippen LogP contribution is 2.17. The molecule has 0 saturated carbocycles. The van der Waals surface area contributed by atoms with Crippen LogP contribution in [0.25, 0.3) is 0 Å². The van der Waals surface area contributed by atoms with Crippen LogP contribution in [0.3, 0.4) is 0 Å². The Balaban J connectivity index is 1.81. The minimum atomic E-state index is -0.195. The minimum Gasteiger partial charge on any atom is -0.376 e. The Morgan fingerprint density at radius 1 is 0.931 bits per heavy atom. The van der Waals surface area contributed by atoms with Crippen LogP contribution in [0.4, 0.5) is 17.1 Å². The fourth-order valence-electron chi connectivity index (χ4n) is 2.56. The van der Waals surface area contributed by atoms with Gasteiger partial charge < -0.3 is 20.9 Å². The molecular formula is C22H28N4O3. The highest BCUT2D eigenvalue weighted by atomic mass is 16.2. The van der Waals surface area contributed by atoms with Crippen molar-refractivity contribution in [2.45, 2.75) is 26.7 Å². The predicted octanol–water partition coefficient (Wildman–Crippen LogP) is 3.25. The summed E-state index contributed by atoms with van der Waals surface area (Å²) in [4.78, 5) is 37.0. The molecule has 0 aliphatic heterocycles. The quantitative estimate of drug-likeness (QED) is 0.568. The fraction of sp³-hybridized carbons (Fsp3) is 0.318. The Bertz CT molecular complexity index is 832. The number of hydrogen-bond donors (Lipinski definition) is 3. The first-order valence-electron chi connectivity index (χ1n) is 9.67. The summed E-state index contributed by atoms with van der Waals surface area (Å²) in [6.07, 6.45) is 1.99. The van der Waals surface area contributed by atoms with Gasteiger partial charge in [0.1, 0.15) is 0 Å². The molecule has 0 saturated heterocycles. The average molecular weight is 396 g/mol. The Kier molecular flexibility index (Phi) is 8.21. The lowest BCUT2D eigenvalue weighted by Gasteiger charge is -2.15. The lowest BCUT2D eigenvalue weighted by molar-refractivity contribution is -0.116. The van der Waals surface area contributed by atoms with Gasteiger partial charge in [-0.25, -0.2) is 0 Å². The van der Waals surface area contributed by atoms with Gasteiger partial charge in [-0.3, -0.25) is 14.4 Å². The van der Waals surface area contributed by atoms with E-state index in [0.717, 1.165) is 24.2 Å². The van der Waals surface area contributed by atoms with Gasteiger partial charge in [-0.05, 0) is 55.0 Å². The van der Waals surface area contributed by atoms with E-state index in [1.807, 2.05) is 0 Å². The van der Waals surface area contributed by atoms with Gasteiger partial charge in [0.05, 0.1) is 6.54 Å². The van der Waals surface area contributed by atoms with Crippen LogP contribution in [0, 0.1) is 0 Å². The van der Waals surface area contributed by atoms with Crippen LogP contribution in [-0.4, -0.2) is 37.9 Å². The molecule has 3 N–H and O–H groups in total. The molecule has 2 aromatic rings. The topological polar surface area (TPSA) is 90.5 Å². The van der Waals surface area contributed by atoms with Gasteiger partial charge in [0, 0.05) is 43.1 Å². The molecular weight excluding hydrogens is 368 g/mol. The second kappa shape index (κ2) is 10.8. The predicted molar refractivity (Wildman–Crippen MR) is 116 cm³/mol. The average Bonchev–Trinajstić information content (AvgIpc) is 2.72. The van der Waals surface area contributed by atoms with E-state index in [9.17, 15) is 14.4 Å². The van der Waals surface area contributed by atoms with E-state index in [0.29, 0.717) is 17.8 Å². The Morgan fingerprint density at radius 3 is 2.14 bits per heavy atom. The first-order chi connectivity index (χ1) is 13.9. The summed E-state index contributed by atoms with van der Waals surface area (Å²) in [5.74, 6) is -0.351. The molecule has 0 bridgehead atoms. The number of rotatable bonds is 9. The van der Waals surface area contributed by atoms with Gasteiger partial charge in [0.25, 0.3) is 5.91 Å². The van der Waals surface area contributed by atoms with Crippen LogP contribution in [-0.2, 0) is 9.59 Å². The summed E-state index contributed by atoms with van der Waals surface area (Å²) >= 11 is 0. The molecule has 0 aliphatic rings. The zero-order valence-corrected chi connectivity index (χ0v) is 17.1. The lowest BCUT2D eigenvalue weighted by atomic mass is 10.2. The van der Waals surface area contributed by atoms with Crippen molar-refractivity contribution in [1.82, 2.24) is 5.32 Å². The third kappa shape index (κ3) is 6.95. The molecule has 0 unspecified atom stereocenters. The van der Waals surface area contributed by atoms with Crippen molar-refractivity contribution in [2.75, 3.05) is 35.7 Å². The Hall–Kier alpha value is -3.35. The molecule has 29 heavy (non-hydrogen) atoms. The molecule has 0 radical (unpaired) electrons. The van der Waals surface area contributed by atoms with E-state index < -0.39 is 0 Å². The van der Waals surface area contributed by atoms with Crippen LogP contribution in [0.2, 0.25) is 0 Å². The van der Waals surface area contributed by atoms with Crippen LogP contribution in [0.1, 0.15) is 37.0 Å². The highest BCUT2D eigenvalue weighted by Gasteiger charge is 2.08. The molecule has 3 amide bonds. The van der Waals surface area contributed by atoms with Crippen molar-refractivity contribution >= 4 is 34.8 Å². The summed E-state index contributed by atoms with van der Waals surface area (Å²) in [5, 5.41) is 8.70. The van der Waals surface area contributed by atoms with Crippen molar-refractivity contribution in [3.63, 3.8) is 0 Å². The number of carbonyl (C=O) groups excluding carboxylic acids is 3. The Morgan fingerprint density at radius 2 is 1.55 bits per heavy atom. The van der Waals surface area contributed by atoms with Crippen molar-refractivity contribution in [2.24, 2.45) is 0 Å². The number of carbonyl (C=O) groups is 3. The van der Waals surface area contributed by atoms with Gasteiger partial charge in [0.2, 0.25) is 11.8 Å². The second-order valence-electron chi connectivity index (χ2n) is 6.71. The summed E-state index contributed by atoms with van der Waals surface area (Å²) in [6.45, 7) is 4.33. The fourth-order valence-corrected chi connectivity index (χ4v) is 2.56. The molecule has 2 aromatic carbocycles. The van der Waals surface area contributed by atoms with Crippen LogP contribution in [0.5, 0.6) is 0 Å². The number of nitrogens with zero attached hydrogens (tertiary/aromatic N) is 1. The molecule has 0 aromatic heterocycles. The Labute approximate surface area is 171 Å². The normalized spacial score (nSPS) is 10.2. The maximum absolute atomic E-state index is 12.1. The molecule has 7 heteroatoms. The number of nitrogens with one attached hydrogen (secondary N) is 3. The molecule has 0 atom stereocenters. The van der Waals surface area contributed by atoms with Crippen molar-refractivity contribution in [3.05, 3.63) is 54.1 Å². The number of amides is 3. The number of unbranched alkanes of at least 4 members (excludes halogenated alkanes) is 1. The van der Waals surface area contributed by atoms with Crippen molar-refractivity contribution in [3.8, 4) is 0 Å². The second-order valence-corrected chi connectivity index (χ2v) is 6.71. The lowest BCUT2D eigenvalue weighted by Crippen LogP contribution is -2.24.